The Labute approximate surface area is 461 Å². The molecular weight excluding hydrogens is 925 g/mol. The summed E-state index contributed by atoms with van der Waals surface area (Å²) in [6.45, 7) is 34.5. The maximum atomic E-state index is 2.87. The van der Waals surface area contributed by atoms with Gasteiger partial charge in [-0.15, -0.1) is 0 Å². The average molecular weight is 1000 g/mol. The molecule has 77 heavy (non-hydrogen) atoms. The molecule has 2 aromatic heterocycles. The van der Waals surface area contributed by atoms with Crippen LogP contribution in [-0.4, -0.2) is 29.3 Å². The highest BCUT2D eigenvalue weighted by Crippen LogP contribution is 2.48. The molecule has 9 aromatic rings. The summed E-state index contributed by atoms with van der Waals surface area (Å²) in [5.41, 5.74) is 30.5. The molecule has 0 saturated heterocycles. The second kappa shape index (κ2) is 16.0. The minimum absolute atomic E-state index is 0.0630. The number of benzene rings is 7. The van der Waals surface area contributed by atoms with Gasteiger partial charge in [-0.05, 0) is 143 Å². The van der Waals surface area contributed by atoms with Crippen molar-refractivity contribution in [3.63, 3.8) is 0 Å². The largest absolute Gasteiger partial charge is 0.311 e. The first kappa shape index (κ1) is 48.5. The minimum atomic E-state index is -0.0689. The van der Waals surface area contributed by atoms with Gasteiger partial charge in [0.1, 0.15) is 0 Å². The third-order valence-electron chi connectivity index (χ3n) is 20.9. The van der Waals surface area contributed by atoms with Crippen molar-refractivity contribution in [3.8, 4) is 11.4 Å². The van der Waals surface area contributed by atoms with Crippen LogP contribution in [0.3, 0.4) is 0 Å². The summed E-state index contributed by atoms with van der Waals surface area (Å²) in [4.78, 5) is 0. The van der Waals surface area contributed by atoms with Gasteiger partial charge in [0, 0.05) is 55.0 Å². The van der Waals surface area contributed by atoms with Crippen LogP contribution in [0.1, 0.15) is 194 Å². The summed E-state index contributed by atoms with van der Waals surface area (Å²) in [6.07, 6.45) is 10.6. The standard InChI is InChI=1S/C72H79B3N2/c1-40-15-19-42(20-16-40)44-23-27-46(28-24-44)73-52-35-31-48(69(3,4)5)58-60-50(71(9,10)11)33-37-54-65(60)76(63(52)58)67-56(73)39-57-68-62(67)75(54)55-38-34-51(72(12,13)14)61-59-49(70(6,7)8)32-36-53(64(59)77(68)66(55)61)74(57)47-29-25-45(26-30-47)43-21-17-41(2)18-22-43/h23-43H,15-22H2,1-14H3. The Balaban J connectivity index is 1.12. The van der Waals surface area contributed by atoms with Crippen molar-refractivity contribution in [2.24, 2.45) is 11.8 Å². The number of hydrogen-bond acceptors (Lipinski definition) is 0. The van der Waals surface area contributed by atoms with Crippen LogP contribution in [0.15, 0.2) is 103 Å². The number of rotatable bonds is 4. The van der Waals surface area contributed by atoms with Gasteiger partial charge in [-0.25, -0.2) is 0 Å². The Kier molecular flexibility index (Phi) is 10.1. The van der Waals surface area contributed by atoms with E-state index in [1.165, 1.54) is 189 Å². The molecule has 6 heterocycles. The van der Waals surface area contributed by atoms with Crippen LogP contribution < -0.4 is 49.2 Å². The normalized spacial score (nSPS) is 20.6. The lowest BCUT2D eigenvalue weighted by atomic mass is 9.27. The van der Waals surface area contributed by atoms with E-state index in [0.29, 0.717) is 11.8 Å². The van der Waals surface area contributed by atoms with Crippen molar-refractivity contribution in [3.05, 3.63) is 137 Å². The fourth-order valence-electron chi connectivity index (χ4n) is 17.1. The Hall–Kier alpha value is -5.67. The van der Waals surface area contributed by atoms with Crippen molar-refractivity contribution in [1.82, 2.24) is 9.13 Å². The first-order valence-corrected chi connectivity index (χ1v) is 30.3. The summed E-state index contributed by atoms with van der Waals surface area (Å²) in [6, 6.07) is 43.9. The molecule has 2 nitrogen and oxygen atoms in total. The SMILES string of the molecule is CC1CCC(c2ccc(B3c4cc5c6c7c4-n4c8c3ccc(C(C)(C)C)c8c3c(C(C)(C)C)ccc(c34)B7c3ccc(C(C)(C)C)c4c7c(C(C)(C)C)ccc(c7n-6c34)B5c3ccc(C4CCC(C)CC4)cc3)cc2)CC1. The van der Waals surface area contributed by atoms with Gasteiger partial charge in [0.25, 0.3) is 6.71 Å². The zero-order valence-electron chi connectivity index (χ0n) is 48.9. The van der Waals surface area contributed by atoms with E-state index in [-0.39, 0.29) is 41.8 Å². The molecule has 0 unspecified atom stereocenters. The Morgan fingerprint density at radius 3 is 0.909 bits per heavy atom. The predicted octanol–water partition coefficient (Wildman–Crippen LogP) is 12.5. The molecular formula is C72H79B3N2. The zero-order chi connectivity index (χ0) is 53.3. The topological polar surface area (TPSA) is 9.86 Å². The lowest BCUT2D eigenvalue weighted by Gasteiger charge is -2.42. The van der Waals surface area contributed by atoms with E-state index in [4.69, 9.17) is 0 Å². The van der Waals surface area contributed by atoms with Crippen LogP contribution >= 0.6 is 0 Å². The second-order valence-corrected chi connectivity index (χ2v) is 30.1. The minimum Gasteiger partial charge on any atom is -0.311 e. The quantitative estimate of drug-likeness (QED) is 0.156. The van der Waals surface area contributed by atoms with Crippen LogP contribution in [0.2, 0.25) is 0 Å². The lowest BCUT2D eigenvalue weighted by Crippen LogP contribution is -2.69. The fraction of sp³-hybridized carbons (Fsp3) is 0.417. The summed E-state index contributed by atoms with van der Waals surface area (Å²) < 4.78 is 5.75. The van der Waals surface area contributed by atoms with Gasteiger partial charge >= 0.3 is 0 Å². The molecule has 0 atom stereocenters. The molecule has 15 rings (SSSR count). The highest BCUT2D eigenvalue weighted by Gasteiger charge is 2.51. The summed E-state index contributed by atoms with van der Waals surface area (Å²) in [5.74, 6) is 2.98. The van der Waals surface area contributed by atoms with Gasteiger partial charge in [0.05, 0.1) is 0 Å². The molecule has 7 aromatic carbocycles. The van der Waals surface area contributed by atoms with Crippen molar-refractivity contribution >= 4 is 113 Å². The van der Waals surface area contributed by atoms with Crippen molar-refractivity contribution in [1.29, 1.82) is 0 Å². The molecule has 2 fully saturated rings. The molecule has 0 N–H and O–H groups in total. The molecule has 0 radical (unpaired) electrons. The average Bonchev–Trinajstić information content (AvgIpc) is 2.77. The number of fused-ring (bicyclic) bond motifs is 4. The van der Waals surface area contributed by atoms with Gasteiger partial charge in [0.2, 0.25) is 13.4 Å². The third-order valence-corrected chi connectivity index (χ3v) is 20.9. The maximum absolute atomic E-state index is 2.87. The number of hydrogen-bond donors (Lipinski definition) is 0. The summed E-state index contributed by atoms with van der Waals surface area (Å²) in [5, 5.41) is 5.91. The Morgan fingerprint density at radius 1 is 0.338 bits per heavy atom. The molecule has 2 aliphatic carbocycles. The van der Waals surface area contributed by atoms with Crippen LogP contribution in [-0.2, 0) is 21.7 Å². The Morgan fingerprint density at radius 2 is 0.623 bits per heavy atom. The highest BCUT2D eigenvalue weighted by molar-refractivity contribution is 7.06. The second-order valence-electron chi connectivity index (χ2n) is 30.1. The molecule has 6 aliphatic rings. The first-order chi connectivity index (χ1) is 36.6. The van der Waals surface area contributed by atoms with Crippen LogP contribution in [0.5, 0.6) is 0 Å². The van der Waals surface area contributed by atoms with Crippen LogP contribution in [0.4, 0.5) is 0 Å². The molecule has 5 heteroatoms. The fourth-order valence-corrected chi connectivity index (χ4v) is 17.1. The van der Waals surface area contributed by atoms with Gasteiger partial charge in [-0.3, -0.25) is 0 Å². The highest BCUT2D eigenvalue weighted by atomic mass is 15.0. The molecule has 386 valence electrons. The van der Waals surface area contributed by atoms with Gasteiger partial charge in [-0.1, -0.05) is 237 Å². The Bertz CT molecular complexity index is 3750. The molecule has 0 amide bonds. The maximum Gasteiger partial charge on any atom is 0.252 e. The smallest absolute Gasteiger partial charge is 0.252 e. The van der Waals surface area contributed by atoms with E-state index in [1.807, 2.05) is 0 Å². The lowest BCUT2D eigenvalue weighted by molar-refractivity contribution is 0.348. The third kappa shape index (κ3) is 6.64. The van der Waals surface area contributed by atoms with Crippen LogP contribution in [0, 0.1) is 11.8 Å². The summed E-state index contributed by atoms with van der Waals surface area (Å²) in [7, 11) is 0. The van der Waals surface area contributed by atoms with Crippen molar-refractivity contribution in [2.45, 2.75) is 182 Å². The number of nitrogens with zero attached hydrogens (tertiary/aromatic N) is 2. The van der Waals surface area contributed by atoms with E-state index >= 15 is 0 Å². The number of aromatic nitrogens is 2. The van der Waals surface area contributed by atoms with Crippen molar-refractivity contribution in [2.75, 3.05) is 0 Å². The first-order valence-electron chi connectivity index (χ1n) is 30.3. The van der Waals surface area contributed by atoms with E-state index in [2.05, 4.69) is 209 Å². The van der Waals surface area contributed by atoms with E-state index in [0.717, 1.165) is 11.8 Å². The zero-order valence-corrected chi connectivity index (χ0v) is 48.9. The molecule has 0 spiro atoms. The van der Waals surface area contributed by atoms with E-state index in [9.17, 15) is 0 Å². The van der Waals surface area contributed by atoms with Crippen LogP contribution in [0.25, 0.3) is 55.0 Å². The van der Waals surface area contributed by atoms with Gasteiger partial charge in [-0.2, -0.15) is 0 Å². The monoisotopic (exact) mass is 1000 g/mol. The predicted molar refractivity (Wildman–Crippen MR) is 338 cm³/mol. The van der Waals surface area contributed by atoms with Crippen molar-refractivity contribution < 1.29 is 0 Å². The van der Waals surface area contributed by atoms with Gasteiger partial charge < -0.3 is 9.13 Å². The van der Waals surface area contributed by atoms with E-state index < -0.39 is 0 Å². The van der Waals surface area contributed by atoms with E-state index in [1.54, 1.807) is 0 Å². The van der Waals surface area contributed by atoms with Gasteiger partial charge in [0.15, 0.2) is 0 Å². The molecule has 0 bridgehead atoms. The summed E-state index contributed by atoms with van der Waals surface area (Å²) >= 11 is 0. The molecule has 2 saturated carbocycles. The molecule has 4 aliphatic heterocycles.